The van der Waals surface area contributed by atoms with Gasteiger partial charge in [0, 0.05) is 5.75 Å². The number of hydrogen-bond donors (Lipinski definition) is 2. The number of rotatable bonds is 5. The Kier molecular flexibility index (Phi) is 5.35. The van der Waals surface area contributed by atoms with Crippen LogP contribution in [0.25, 0.3) is 0 Å². The standard InChI is InChI=1S/C12H18N2OS/c1-9(2)16-8-11-6-4-3-5-10(11)7-12(15)14-13/h3-6,9H,7-8,13H2,1-2H3,(H,14,15). The van der Waals surface area contributed by atoms with Crippen LogP contribution >= 0.6 is 11.8 Å². The summed E-state index contributed by atoms with van der Waals surface area (Å²) >= 11 is 1.87. The van der Waals surface area contributed by atoms with E-state index in [-0.39, 0.29) is 5.91 Å². The van der Waals surface area contributed by atoms with Crippen LogP contribution in [0.15, 0.2) is 24.3 Å². The summed E-state index contributed by atoms with van der Waals surface area (Å²) in [6.45, 7) is 4.33. The number of amides is 1. The monoisotopic (exact) mass is 238 g/mol. The predicted molar refractivity (Wildman–Crippen MR) is 68.9 cm³/mol. The molecule has 0 heterocycles. The number of hydrazine groups is 1. The zero-order chi connectivity index (χ0) is 12.0. The third-order valence-corrected chi connectivity index (χ3v) is 3.35. The predicted octanol–water partition coefficient (Wildman–Crippen LogP) is 1.86. The van der Waals surface area contributed by atoms with E-state index in [0.717, 1.165) is 11.3 Å². The van der Waals surface area contributed by atoms with E-state index in [1.165, 1.54) is 5.56 Å². The Morgan fingerprint density at radius 1 is 1.38 bits per heavy atom. The maximum absolute atomic E-state index is 11.2. The molecule has 1 aromatic rings. The molecule has 0 saturated carbocycles. The summed E-state index contributed by atoms with van der Waals surface area (Å²) in [5.41, 5.74) is 4.43. The first kappa shape index (κ1) is 13.1. The van der Waals surface area contributed by atoms with E-state index in [1.54, 1.807) is 0 Å². The highest BCUT2D eigenvalue weighted by atomic mass is 32.2. The van der Waals surface area contributed by atoms with E-state index in [9.17, 15) is 4.79 Å². The molecular formula is C12H18N2OS. The molecule has 3 nitrogen and oxygen atoms in total. The molecule has 1 aromatic carbocycles. The first-order valence-electron chi connectivity index (χ1n) is 5.31. The molecular weight excluding hydrogens is 220 g/mol. The minimum absolute atomic E-state index is 0.151. The number of carbonyl (C=O) groups is 1. The van der Waals surface area contributed by atoms with Crippen LogP contribution in [0.1, 0.15) is 25.0 Å². The van der Waals surface area contributed by atoms with Gasteiger partial charge in [0.05, 0.1) is 6.42 Å². The van der Waals surface area contributed by atoms with Crippen LogP contribution in [-0.2, 0) is 17.0 Å². The third-order valence-electron chi connectivity index (χ3n) is 2.20. The van der Waals surface area contributed by atoms with Gasteiger partial charge in [-0.25, -0.2) is 5.84 Å². The number of carbonyl (C=O) groups excluding carboxylic acids is 1. The van der Waals surface area contributed by atoms with Crippen molar-refractivity contribution in [1.29, 1.82) is 0 Å². The van der Waals surface area contributed by atoms with Crippen molar-refractivity contribution >= 4 is 17.7 Å². The number of thioether (sulfide) groups is 1. The van der Waals surface area contributed by atoms with E-state index in [1.807, 2.05) is 30.0 Å². The van der Waals surface area contributed by atoms with Gasteiger partial charge in [-0.3, -0.25) is 10.2 Å². The van der Waals surface area contributed by atoms with Gasteiger partial charge in [0.2, 0.25) is 5.91 Å². The van der Waals surface area contributed by atoms with Crippen LogP contribution in [0.4, 0.5) is 0 Å². The Labute approximate surface area is 101 Å². The number of hydrogen-bond acceptors (Lipinski definition) is 3. The maximum atomic E-state index is 11.2. The fraction of sp³-hybridized carbons (Fsp3) is 0.417. The highest BCUT2D eigenvalue weighted by Crippen LogP contribution is 2.20. The molecule has 1 rings (SSSR count). The first-order chi connectivity index (χ1) is 7.63. The Balaban J connectivity index is 2.71. The lowest BCUT2D eigenvalue weighted by molar-refractivity contribution is -0.120. The second-order valence-electron chi connectivity index (χ2n) is 3.87. The molecule has 0 aromatic heterocycles. The molecule has 0 aliphatic heterocycles. The average molecular weight is 238 g/mol. The molecule has 16 heavy (non-hydrogen) atoms. The minimum atomic E-state index is -0.151. The van der Waals surface area contributed by atoms with Gasteiger partial charge in [0.1, 0.15) is 0 Å². The van der Waals surface area contributed by atoms with Gasteiger partial charge in [-0.15, -0.1) is 0 Å². The molecule has 0 saturated heterocycles. The molecule has 0 atom stereocenters. The molecule has 0 unspecified atom stereocenters. The van der Waals surface area contributed by atoms with Crippen LogP contribution in [0, 0.1) is 0 Å². The summed E-state index contributed by atoms with van der Waals surface area (Å²) in [5.74, 6) is 5.87. The molecule has 0 spiro atoms. The summed E-state index contributed by atoms with van der Waals surface area (Å²) in [7, 11) is 0. The maximum Gasteiger partial charge on any atom is 0.238 e. The fourth-order valence-corrected chi connectivity index (χ4v) is 2.15. The molecule has 0 radical (unpaired) electrons. The smallest absolute Gasteiger partial charge is 0.238 e. The normalized spacial score (nSPS) is 10.5. The first-order valence-corrected chi connectivity index (χ1v) is 6.36. The van der Waals surface area contributed by atoms with Crippen LogP contribution in [0.3, 0.4) is 0 Å². The van der Waals surface area contributed by atoms with Crippen LogP contribution < -0.4 is 11.3 Å². The highest BCUT2D eigenvalue weighted by molar-refractivity contribution is 7.99. The van der Waals surface area contributed by atoms with Crippen LogP contribution in [-0.4, -0.2) is 11.2 Å². The van der Waals surface area contributed by atoms with Gasteiger partial charge in [-0.2, -0.15) is 11.8 Å². The largest absolute Gasteiger partial charge is 0.294 e. The number of benzene rings is 1. The van der Waals surface area contributed by atoms with Crippen LogP contribution in [0.2, 0.25) is 0 Å². The van der Waals surface area contributed by atoms with Crippen molar-refractivity contribution in [3.63, 3.8) is 0 Å². The summed E-state index contributed by atoms with van der Waals surface area (Å²) < 4.78 is 0. The summed E-state index contributed by atoms with van der Waals surface area (Å²) in [4.78, 5) is 11.2. The van der Waals surface area contributed by atoms with Gasteiger partial charge in [0.15, 0.2) is 0 Å². The Bertz CT molecular complexity index is 353. The number of nitrogens with one attached hydrogen (secondary N) is 1. The Hall–Kier alpha value is -1.00. The lowest BCUT2D eigenvalue weighted by Crippen LogP contribution is -2.31. The van der Waals surface area contributed by atoms with Crippen molar-refractivity contribution in [2.45, 2.75) is 31.3 Å². The summed E-state index contributed by atoms with van der Waals surface area (Å²) in [5, 5.41) is 0.594. The van der Waals surface area contributed by atoms with E-state index in [4.69, 9.17) is 5.84 Å². The van der Waals surface area contributed by atoms with E-state index < -0.39 is 0 Å². The molecule has 0 fully saturated rings. The molecule has 0 aliphatic carbocycles. The zero-order valence-corrected chi connectivity index (χ0v) is 10.5. The number of nitrogens with two attached hydrogens (primary N) is 1. The molecule has 1 amide bonds. The van der Waals surface area contributed by atoms with Crippen molar-refractivity contribution in [2.75, 3.05) is 0 Å². The van der Waals surface area contributed by atoms with Gasteiger partial charge in [-0.05, 0) is 16.4 Å². The Morgan fingerprint density at radius 3 is 2.56 bits per heavy atom. The summed E-state index contributed by atoms with van der Waals surface area (Å²) in [6.07, 6.45) is 0.353. The van der Waals surface area contributed by atoms with Crippen molar-refractivity contribution in [3.05, 3.63) is 35.4 Å². The molecule has 3 N–H and O–H groups in total. The van der Waals surface area contributed by atoms with Gasteiger partial charge in [-0.1, -0.05) is 38.1 Å². The van der Waals surface area contributed by atoms with E-state index >= 15 is 0 Å². The molecule has 88 valence electrons. The third kappa shape index (κ3) is 4.24. The van der Waals surface area contributed by atoms with E-state index in [2.05, 4.69) is 25.3 Å². The SMILES string of the molecule is CC(C)SCc1ccccc1CC(=O)NN. The van der Waals surface area contributed by atoms with Gasteiger partial charge < -0.3 is 0 Å². The van der Waals surface area contributed by atoms with Crippen molar-refractivity contribution < 1.29 is 4.79 Å². The van der Waals surface area contributed by atoms with Crippen molar-refractivity contribution in [1.82, 2.24) is 5.43 Å². The molecule has 0 bridgehead atoms. The van der Waals surface area contributed by atoms with Gasteiger partial charge >= 0.3 is 0 Å². The van der Waals surface area contributed by atoms with E-state index in [0.29, 0.717) is 11.7 Å². The highest BCUT2D eigenvalue weighted by Gasteiger charge is 2.07. The second-order valence-corrected chi connectivity index (χ2v) is 5.44. The van der Waals surface area contributed by atoms with Crippen molar-refractivity contribution in [3.8, 4) is 0 Å². The average Bonchev–Trinajstić information content (AvgIpc) is 2.27. The topological polar surface area (TPSA) is 55.1 Å². The molecule has 0 aliphatic rings. The van der Waals surface area contributed by atoms with Crippen LogP contribution in [0.5, 0.6) is 0 Å². The quantitative estimate of drug-likeness (QED) is 0.468. The lowest BCUT2D eigenvalue weighted by Gasteiger charge is -2.10. The fourth-order valence-electron chi connectivity index (χ4n) is 1.35. The lowest BCUT2D eigenvalue weighted by atomic mass is 10.1. The molecule has 4 heteroatoms. The zero-order valence-electron chi connectivity index (χ0n) is 9.69. The van der Waals surface area contributed by atoms with Crippen molar-refractivity contribution in [2.24, 2.45) is 5.84 Å². The minimum Gasteiger partial charge on any atom is -0.294 e. The Morgan fingerprint density at radius 2 is 2.00 bits per heavy atom. The second kappa shape index (κ2) is 6.55. The van der Waals surface area contributed by atoms with Gasteiger partial charge in [0.25, 0.3) is 0 Å². The summed E-state index contributed by atoms with van der Waals surface area (Å²) in [6, 6.07) is 7.99.